The maximum absolute atomic E-state index is 10.6. The predicted molar refractivity (Wildman–Crippen MR) is 73.4 cm³/mol. The number of ether oxygens (including phenoxy) is 3. The molecule has 1 atom stereocenters. The molecule has 0 spiro atoms. The van der Waals surface area contributed by atoms with Crippen molar-refractivity contribution in [1.82, 2.24) is 5.32 Å². The minimum Gasteiger partial charge on any atom is -0.484 e. The SMILES string of the molecule is NC(=O)COc1ccc(CNCC2COCCO2)cc1. The van der Waals surface area contributed by atoms with Gasteiger partial charge in [0.15, 0.2) is 6.61 Å². The van der Waals surface area contributed by atoms with Gasteiger partial charge in [-0.2, -0.15) is 0 Å². The van der Waals surface area contributed by atoms with Gasteiger partial charge in [-0.25, -0.2) is 0 Å². The fourth-order valence-corrected chi connectivity index (χ4v) is 1.89. The summed E-state index contributed by atoms with van der Waals surface area (Å²) in [5, 5.41) is 3.32. The number of rotatable bonds is 7. The van der Waals surface area contributed by atoms with Gasteiger partial charge in [-0.15, -0.1) is 0 Å². The summed E-state index contributed by atoms with van der Waals surface area (Å²) < 4.78 is 16.1. The lowest BCUT2D eigenvalue weighted by Gasteiger charge is -2.23. The first-order valence-corrected chi connectivity index (χ1v) is 6.64. The van der Waals surface area contributed by atoms with Crippen LogP contribution in [0.4, 0.5) is 0 Å². The Morgan fingerprint density at radius 3 is 2.80 bits per heavy atom. The molecular formula is C14H20N2O4. The summed E-state index contributed by atoms with van der Waals surface area (Å²) in [7, 11) is 0. The molecular weight excluding hydrogens is 260 g/mol. The van der Waals surface area contributed by atoms with Crippen molar-refractivity contribution in [1.29, 1.82) is 0 Å². The van der Waals surface area contributed by atoms with Crippen molar-refractivity contribution >= 4 is 5.91 Å². The summed E-state index contributed by atoms with van der Waals surface area (Å²) in [6, 6.07) is 7.53. The first-order valence-electron chi connectivity index (χ1n) is 6.64. The molecule has 1 aliphatic rings. The maximum Gasteiger partial charge on any atom is 0.255 e. The molecule has 1 amide bonds. The Morgan fingerprint density at radius 2 is 2.15 bits per heavy atom. The van der Waals surface area contributed by atoms with Gasteiger partial charge in [0, 0.05) is 13.1 Å². The topological polar surface area (TPSA) is 82.8 Å². The molecule has 1 aromatic rings. The highest BCUT2D eigenvalue weighted by Crippen LogP contribution is 2.12. The second kappa shape index (κ2) is 7.84. The van der Waals surface area contributed by atoms with Gasteiger partial charge in [-0.3, -0.25) is 4.79 Å². The van der Waals surface area contributed by atoms with Gasteiger partial charge in [-0.1, -0.05) is 12.1 Å². The molecule has 3 N–H and O–H groups in total. The van der Waals surface area contributed by atoms with Crippen molar-refractivity contribution in [2.75, 3.05) is 33.0 Å². The first-order chi connectivity index (χ1) is 9.74. The van der Waals surface area contributed by atoms with Gasteiger partial charge >= 0.3 is 0 Å². The zero-order valence-electron chi connectivity index (χ0n) is 11.3. The summed E-state index contributed by atoms with van der Waals surface area (Å²) >= 11 is 0. The molecule has 110 valence electrons. The van der Waals surface area contributed by atoms with Crippen LogP contribution >= 0.6 is 0 Å². The number of carbonyl (C=O) groups is 1. The molecule has 1 fully saturated rings. The Kier molecular flexibility index (Phi) is 5.79. The zero-order chi connectivity index (χ0) is 14.2. The van der Waals surface area contributed by atoms with Crippen LogP contribution in [0.3, 0.4) is 0 Å². The Bertz CT molecular complexity index is 416. The van der Waals surface area contributed by atoms with Crippen molar-refractivity contribution in [3.63, 3.8) is 0 Å². The van der Waals surface area contributed by atoms with E-state index in [9.17, 15) is 4.79 Å². The van der Waals surface area contributed by atoms with Crippen LogP contribution in [0.5, 0.6) is 5.75 Å². The third-order valence-corrected chi connectivity index (χ3v) is 2.89. The molecule has 20 heavy (non-hydrogen) atoms. The number of hydrogen-bond donors (Lipinski definition) is 2. The van der Waals surface area contributed by atoms with Gasteiger partial charge in [-0.05, 0) is 17.7 Å². The number of primary amides is 1. The molecule has 2 rings (SSSR count). The van der Waals surface area contributed by atoms with Gasteiger partial charge in [0.1, 0.15) is 5.75 Å². The second-order valence-electron chi connectivity index (χ2n) is 4.60. The van der Waals surface area contributed by atoms with E-state index < -0.39 is 5.91 Å². The van der Waals surface area contributed by atoms with Gasteiger partial charge < -0.3 is 25.3 Å². The van der Waals surface area contributed by atoms with Crippen molar-refractivity contribution in [2.45, 2.75) is 12.6 Å². The Morgan fingerprint density at radius 1 is 1.35 bits per heavy atom. The van der Waals surface area contributed by atoms with Crippen molar-refractivity contribution in [3.8, 4) is 5.75 Å². The Hall–Kier alpha value is -1.63. The lowest BCUT2D eigenvalue weighted by atomic mass is 10.2. The van der Waals surface area contributed by atoms with Gasteiger partial charge in [0.25, 0.3) is 5.91 Å². The number of amides is 1. The van der Waals surface area contributed by atoms with Crippen molar-refractivity contribution in [2.24, 2.45) is 5.73 Å². The highest BCUT2D eigenvalue weighted by atomic mass is 16.6. The van der Waals surface area contributed by atoms with E-state index in [0.29, 0.717) is 25.6 Å². The molecule has 6 heteroatoms. The normalized spacial score (nSPS) is 18.7. The van der Waals surface area contributed by atoms with Crippen molar-refractivity contribution in [3.05, 3.63) is 29.8 Å². The quantitative estimate of drug-likeness (QED) is 0.738. The van der Waals surface area contributed by atoms with E-state index >= 15 is 0 Å². The van der Waals surface area contributed by atoms with E-state index in [2.05, 4.69) is 5.32 Å². The summed E-state index contributed by atoms with van der Waals surface area (Å²) in [5.41, 5.74) is 6.14. The van der Waals surface area contributed by atoms with Crippen LogP contribution in [0.25, 0.3) is 0 Å². The van der Waals surface area contributed by atoms with E-state index in [0.717, 1.165) is 18.7 Å². The second-order valence-corrected chi connectivity index (χ2v) is 4.60. The standard InChI is InChI=1S/C14H20N2O4/c15-14(17)10-20-12-3-1-11(2-4-12)7-16-8-13-9-18-5-6-19-13/h1-4,13,16H,5-10H2,(H2,15,17). The number of carbonyl (C=O) groups excluding carboxylic acids is 1. The Labute approximate surface area is 118 Å². The fraction of sp³-hybridized carbons (Fsp3) is 0.500. The molecule has 0 radical (unpaired) electrons. The highest BCUT2D eigenvalue weighted by molar-refractivity contribution is 5.75. The summed E-state index contributed by atoms with van der Waals surface area (Å²) in [4.78, 5) is 10.6. The van der Waals surface area contributed by atoms with Crippen LogP contribution in [0.1, 0.15) is 5.56 Å². The number of hydrogen-bond acceptors (Lipinski definition) is 5. The molecule has 0 saturated carbocycles. The van der Waals surface area contributed by atoms with Crippen LogP contribution in [0, 0.1) is 0 Å². The van der Waals surface area contributed by atoms with Crippen LogP contribution in [-0.4, -0.2) is 45.0 Å². The third kappa shape index (κ3) is 5.16. The van der Waals surface area contributed by atoms with E-state index in [4.69, 9.17) is 19.9 Å². The van der Waals surface area contributed by atoms with Gasteiger partial charge in [0.2, 0.25) is 0 Å². The summed E-state index contributed by atoms with van der Waals surface area (Å²) in [5.74, 6) is 0.155. The molecule has 0 bridgehead atoms. The summed E-state index contributed by atoms with van der Waals surface area (Å²) in [6.07, 6.45) is 0.127. The highest BCUT2D eigenvalue weighted by Gasteiger charge is 2.13. The summed E-state index contributed by atoms with van der Waals surface area (Å²) in [6.45, 7) is 3.40. The predicted octanol–water partition coefficient (Wildman–Crippen LogP) is 0.0557. The monoisotopic (exact) mass is 280 g/mol. The number of nitrogens with one attached hydrogen (secondary N) is 1. The largest absolute Gasteiger partial charge is 0.484 e. The average molecular weight is 280 g/mol. The number of benzene rings is 1. The molecule has 1 unspecified atom stereocenters. The number of nitrogens with two attached hydrogens (primary N) is 1. The van der Waals surface area contributed by atoms with Crippen LogP contribution in [-0.2, 0) is 20.8 Å². The molecule has 1 heterocycles. The van der Waals surface area contributed by atoms with E-state index in [-0.39, 0.29) is 12.7 Å². The minimum atomic E-state index is -0.481. The fourth-order valence-electron chi connectivity index (χ4n) is 1.89. The molecule has 6 nitrogen and oxygen atoms in total. The molecule has 1 aromatic carbocycles. The maximum atomic E-state index is 10.6. The van der Waals surface area contributed by atoms with Crippen LogP contribution in [0.2, 0.25) is 0 Å². The third-order valence-electron chi connectivity index (χ3n) is 2.89. The molecule has 0 aromatic heterocycles. The zero-order valence-corrected chi connectivity index (χ0v) is 11.3. The van der Waals surface area contributed by atoms with E-state index in [1.165, 1.54) is 0 Å². The van der Waals surface area contributed by atoms with Crippen LogP contribution < -0.4 is 15.8 Å². The van der Waals surface area contributed by atoms with E-state index in [1.54, 1.807) is 0 Å². The molecule has 1 aliphatic heterocycles. The average Bonchev–Trinajstić information content (AvgIpc) is 2.47. The lowest BCUT2D eigenvalue weighted by molar-refractivity contribution is -0.119. The van der Waals surface area contributed by atoms with E-state index in [1.807, 2.05) is 24.3 Å². The first kappa shape index (κ1) is 14.8. The van der Waals surface area contributed by atoms with Crippen LogP contribution in [0.15, 0.2) is 24.3 Å². The molecule has 1 saturated heterocycles. The lowest BCUT2D eigenvalue weighted by Crippen LogP contribution is -2.37. The van der Waals surface area contributed by atoms with Gasteiger partial charge in [0.05, 0.1) is 25.9 Å². The minimum absolute atomic E-state index is 0.101. The smallest absolute Gasteiger partial charge is 0.255 e. The molecule has 0 aliphatic carbocycles. The Balaban J connectivity index is 1.69. The van der Waals surface area contributed by atoms with Crippen molar-refractivity contribution < 1.29 is 19.0 Å².